The van der Waals surface area contributed by atoms with Crippen LogP contribution in [0.4, 0.5) is 0 Å². The summed E-state index contributed by atoms with van der Waals surface area (Å²) in [5, 5.41) is 11.8. The Labute approximate surface area is 122 Å². The van der Waals surface area contributed by atoms with Crippen molar-refractivity contribution in [1.82, 2.24) is 0 Å². The van der Waals surface area contributed by atoms with Crippen LogP contribution in [0, 0.1) is 0 Å². The average molecular weight is 285 g/mol. The molecule has 0 radical (unpaired) electrons. The van der Waals surface area contributed by atoms with Gasteiger partial charge in [-0.05, 0) is 40.6 Å². The van der Waals surface area contributed by atoms with Gasteiger partial charge in [0.1, 0.15) is 11.5 Å². The van der Waals surface area contributed by atoms with Crippen molar-refractivity contribution in [3.05, 3.63) is 71.2 Å². The van der Waals surface area contributed by atoms with Gasteiger partial charge in [-0.15, -0.1) is 0 Å². The number of aliphatic hydroxyl groups excluding tert-OH is 1. The Hall–Kier alpha value is -2.03. The van der Waals surface area contributed by atoms with Crippen LogP contribution in [0.2, 0.25) is 5.02 Å². The van der Waals surface area contributed by atoms with Gasteiger partial charge in [0.25, 0.3) is 0 Å². The Balaban J connectivity index is 1.92. The average Bonchev–Trinajstić information content (AvgIpc) is 2.49. The number of rotatable bonds is 3. The maximum Gasteiger partial charge on any atom is 0.146 e. The zero-order valence-corrected chi connectivity index (χ0v) is 11.5. The molecule has 3 aromatic carbocycles. The number of halogens is 1. The van der Waals surface area contributed by atoms with Crippen molar-refractivity contribution in [3.8, 4) is 11.5 Å². The molecule has 20 heavy (non-hydrogen) atoms. The lowest BCUT2D eigenvalue weighted by Gasteiger charge is -2.09. The molecule has 0 aliphatic rings. The van der Waals surface area contributed by atoms with E-state index in [9.17, 15) is 0 Å². The zero-order valence-electron chi connectivity index (χ0n) is 10.7. The Morgan fingerprint density at radius 1 is 0.900 bits per heavy atom. The van der Waals surface area contributed by atoms with Crippen LogP contribution >= 0.6 is 11.6 Å². The second-order valence-corrected chi connectivity index (χ2v) is 4.94. The predicted molar refractivity (Wildman–Crippen MR) is 81.4 cm³/mol. The molecule has 1 N–H and O–H groups in total. The van der Waals surface area contributed by atoms with Gasteiger partial charge >= 0.3 is 0 Å². The summed E-state index contributed by atoms with van der Waals surface area (Å²) in [4.78, 5) is 0. The molecule has 0 amide bonds. The van der Waals surface area contributed by atoms with E-state index in [1.165, 1.54) is 5.39 Å². The number of hydrogen-bond acceptors (Lipinski definition) is 2. The fourth-order valence-electron chi connectivity index (χ4n) is 2.08. The largest absolute Gasteiger partial charge is 0.456 e. The van der Waals surface area contributed by atoms with Crippen LogP contribution in [-0.4, -0.2) is 5.11 Å². The van der Waals surface area contributed by atoms with Gasteiger partial charge in [0.2, 0.25) is 0 Å². The van der Waals surface area contributed by atoms with E-state index in [1.54, 1.807) is 18.2 Å². The fraction of sp³-hybridized carbons (Fsp3) is 0.0588. The predicted octanol–water partition coefficient (Wildman–Crippen LogP) is 4.78. The minimum absolute atomic E-state index is 0.0318. The van der Waals surface area contributed by atoms with Gasteiger partial charge in [0.05, 0.1) is 11.6 Å². The first-order chi connectivity index (χ1) is 9.76. The maximum atomic E-state index is 9.06. The quantitative estimate of drug-likeness (QED) is 0.750. The highest BCUT2D eigenvalue weighted by atomic mass is 35.5. The highest BCUT2D eigenvalue weighted by Crippen LogP contribution is 2.31. The molecule has 0 aromatic heterocycles. The van der Waals surface area contributed by atoms with E-state index in [0.29, 0.717) is 10.8 Å². The molecule has 0 heterocycles. The van der Waals surface area contributed by atoms with E-state index < -0.39 is 0 Å². The molecule has 100 valence electrons. The molecule has 3 heteroatoms. The molecular weight excluding hydrogens is 272 g/mol. The number of aliphatic hydroxyl groups is 1. The summed E-state index contributed by atoms with van der Waals surface area (Å²) in [6, 6.07) is 19.3. The smallest absolute Gasteiger partial charge is 0.146 e. The standard InChI is InChI=1S/C17H13ClO2/c18-16-9-12(11-19)5-8-17(16)20-15-7-6-13-3-1-2-4-14(13)10-15/h1-10,19H,11H2. The van der Waals surface area contributed by atoms with Crippen LogP contribution in [0.25, 0.3) is 10.8 Å². The van der Waals surface area contributed by atoms with Crippen molar-refractivity contribution in [2.45, 2.75) is 6.61 Å². The highest BCUT2D eigenvalue weighted by Gasteiger charge is 2.05. The summed E-state index contributed by atoms with van der Waals surface area (Å²) in [6.45, 7) is -0.0318. The van der Waals surface area contributed by atoms with E-state index >= 15 is 0 Å². The molecule has 0 aliphatic heterocycles. The molecule has 0 unspecified atom stereocenters. The van der Waals surface area contributed by atoms with Gasteiger partial charge in [-0.2, -0.15) is 0 Å². The minimum atomic E-state index is -0.0318. The number of ether oxygens (including phenoxy) is 1. The first kappa shape index (κ1) is 13.0. The summed E-state index contributed by atoms with van der Waals surface area (Å²) in [5.41, 5.74) is 0.765. The van der Waals surface area contributed by atoms with E-state index in [1.807, 2.05) is 36.4 Å². The van der Waals surface area contributed by atoms with Crippen LogP contribution in [0.1, 0.15) is 5.56 Å². The highest BCUT2D eigenvalue weighted by molar-refractivity contribution is 6.32. The first-order valence-corrected chi connectivity index (χ1v) is 6.70. The van der Waals surface area contributed by atoms with Crippen LogP contribution in [0.3, 0.4) is 0 Å². The van der Waals surface area contributed by atoms with Gasteiger partial charge in [-0.25, -0.2) is 0 Å². The number of benzene rings is 3. The van der Waals surface area contributed by atoms with E-state index in [0.717, 1.165) is 16.7 Å². The minimum Gasteiger partial charge on any atom is -0.456 e. The summed E-state index contributed by atoms with van der Waals surface area (Å²) in [6.07, 6.45) is 0. The van der Waals surface area contributed by atoms with E-state index in [2.05, 4.69) is 6.07 Å². The Morgan fingerprint density at radius 2 is 1.70 bits per heavy atom. The molecule has 3 aromatic rings. The molecule has 3 rings (SSSR count). The Kier molecular flexibility index (Phi) is 3.59. The topological polar surface area (TPSA) is 29.5 Å². The second-order valence-electron chi connectivity index (χ2n) is 4.53. The molecular formula is C17H13ClO2. The normalized spacial score (nSPS) is 10.7. The van der Waals surface area contributed by atoms with Crippen molar-refractivity contribution in [3.63, 3.8) is 0 Å². The first-order valence-electron chi connectivity index (χ1n) is 6.32. The summed E-state index contributed by atoms with van der Waals surface area (Å²) >= 11 is 6.14. The second kappa shape index (κ2) is 5.53. The Bertz CT molecular complexity index is 753. The molecule has 0 fully saturated rings. The van der Waals surface area contributed by atoms with Crippen molar-refractivity contribution in [2.24, 2.45) is 0 Å². The van der Waals surface area contributed by atoms with Gasteiger partial charge < -0.3 is 9.84 Å². The lowest BCUT2D eigenvalue weighted by Crippen LogP contribution is -1.88. The van der Waals surface area contributed by atoms with Crippen LogP contribution < -0.4 is 4.74 Å². The maximum absolute atomic E-state index is 9.06. The summed E-state index contributed by atoms with van der Waals surface area (Å²) in [7, 11) is 0. The zero-order chi connectivity index (χ0) is 13.9. The van der Waals surface area contributed by atoms with Crippen molar-refractivity contribution >= 4 is 22.4 Å². The van der Waals surface area contributed by atoms with Crippen LogP contribution in [-0.2, 0) is 6.61 Å². The molecule has 2 nitrogen and oxygen atoms in total. The third-order valence-electron chi connectivity index (χ3n) is 3.13. The van der Waals surface area contributed by atoms with Gasteiger partial charge in [-0.1, -0.05) is 48.0 Å². The summed E-state index contributed by atoms with van der Waals surface area (Å²) in [5.74, 6) is 1.32. The van der Waals surface area contributed by atoms with Crippen molar-refractivity contribution in [2.75, 3.05) is 0 Å². The van der Waals surface area contributed by atoms with Gasteiger partial charge in [-0.3, -0.25) is 0 Å². The van der Waals surface area contributed by atoms with E-state index in [4.69, 9.17) is 21.4 Å². The van der Waals surface area contributed by atoms with E-state index in [-0.39, 0.29) is 6.61 Å². The summed E-state index contributed by atoms with van der Waals surface area (Å²) < 4.78 is 5.80. The molecule has 0 spiro atoms. The monoisotopic (exact) mass is 284 g/mol. The molecule has 0 saturated heterocycles. The molecule has 0 atom stereocenters. The van der Waals surface area contributed by atoms with Crippen molar-refractivity contribution in [1.29, 1.82) is 0 Å². The SMILES string of the molecule is OCc1ccc(Oc2ccc3ccccc3c2)c(Cl)c1. The molecule has 0 bridgehead atoms. The lowest BCUT2D eigenvalue weighted by atomic mass is 10.1. The van der Waals surface area contributed by atoms with Gasteiger partial charge in [0, 0.05) is 0 Å². The molecule has 0 saturated carbocycles. The fourth-order valence-corrected chi connectivity index (χ4v) is 2.33. The number of fused-ring (bicyclic) bond motifs is 1. The Morgan fingerprint density at radius 3 is 2.45 bits per heavy atom. The third-order valence-corrected chi connectivity index (χ3v) is 3.42. The third kappa shape index (κ3) is 2.62. The lowest BCUT2D eigenvalue weighted by molar-refractivity contribution is 0.281. The van der Waals surface area contributed by atoms with Crippen molar-refractivity contribution < 1.29 is 9.84 Å². The van der Waals surface area contributed by atoms with Crippen LogP contribution in [0.5, 0.6) is 11.5 Å². The van der Waals surface area contributed by atoms with Crippen LogP contribution in [0.15, 0.2) is 60.7 Å². The molecule has 0 aliphatic carbocycles. The van der Waals surface area contributed by atoms with Gasteiger partial charge in [0.15, 0.2) is 0 Å². The number of hydrogen-bond donors (Lipinski definition) is 1.